The minimum absolute atomic E-state index is 0.255. The maximum Gasteiger partial charge on any atom is 0.160 e. The van der Waals surface area contributed by atoms with E-state index in [9.17, 15) is 4.79 Å². The van der Waals surface area contributed by atoms with Gasteiger partial charge in [-0.05, 0) is 33.8 Å². The third kappa shape index (κ3) is 4.05. The lowest BCUT2D eigenvalue weighted by Crippen LogP contribution is -2.48. The first-order valence-corrected chi connectivity index (χ1v) is 5.64. The number of carbonyl (C=O) groups excluding carboxylic acids is 1. The summed E-state index contributed by atoms with van der Waals surface area (Å²) in [5, 5.41) is 0. The fourth-order valence-electron chi connectivity index (χ4n) is 1.76. The van der Waals surface area contributed by atoms with Crippen LogP contribution in [0.3, 0.4) is 0 Å². The van der Waals surface area contributed by atoms with Crippen LogP contribution in [-0.2, 0) is 4.79 Å². The van der Waals surface area contributed by atoms with Gasteiger partial charge in [-0.2, -0.15) is 0 Å². The molecule has 0 saturated carbocycles. The average molecular weight is 198 g/mol. The zero-order chi connectivity index (χ0) is 11.0. The first kappa shape index (κ1) is 13.4. The molecule has 0 aromatic carbocycles. The number of hydrogen-bond donors (Lipinski definition) is 0. The van der Waals surface area contributed by atoms with Gasteiger partial charge in [0, 0.05) is 0 Å². The maximum atomic E-state index is 11.3. The molecule has 0 unspecified atom stereocenters. The molecule has 0 radical (unpaired) electrons. The summed E-state index contributed by atoms with van der Waals surface area (Å²) in [5.74, 6) is 0.255. The molecule has 0 fully saturated rings. The van der Waals surface area contributed by atoms with E-state index in [-0.39, 0.29) is 5.78 Å². The molecule has 0 heterocycles. The number of ketones is 1. The Bertz CT molecular complexity index is 184. The minimum atomic E-state index is 0.255. The minimum Gasteiger partial charge on any atom is -0.324 e. The van der Waals surface area contributed by atoms with Gasteiger partial charge in [0.2, 0.25) is 0 Å². The van der Waals surface area contributed by atoms with E-state index in [4.69, 9.17) is 0 Å². The van der Waals surface area contributed by atoms with Gasteiger partial charge in [0.05, 0.1) is 32.6 Å². The van der Waals surface area contributed by atoms with Crippen molar-refractivity contribution in [2.45, 2.75) is 34.1 Å². The van der Waals surface area contributed by atoms with E-state index < -0.39 is 0 Å². The summed E-state index contributed by atoms with van der Waals surface area (Å²) in [7, 11) is 0. The van der Waals surface area contributed by atoms with Gasteiger partial charge in [0.1, 0.15) is 0 Å². The smallest absolute Gasteiger partial charge is 0.160 e. The normalized spacial score (nSPS) is 12.3. The molecular weight excluding hydrogens is 174 g/mol. The quantitative estimate of drug-likeness (QED) is 0.453. The van der Waals surface area contributed by atoms with E-state index in [0.29, 0.717) is 6.42 Å². The Balaban J connectivity index is 4.12. The average Bonchev–Trinajstić information content (AvgIpc) is 2.21. The lowest BCUT2D eigenvalue weighted by Gasteiger charge is -2.35. The van der Waals surface area contributed by atoms with E-state index in [2.05, 4.69) is 20.8 Å². The van der Waals surface area contributed by atoms with Crippen molar-refractivity contribution < 1.29 is 9.28 Å². The summed E-state index contributed by atoms with van der Waals surface area (Å²) in [6.45, 7) is 12.8. The highest BCUT2D eigenvalue weighted by Crippen LogP contribution is 2.07. The molecule has 0 aromatic rings. The molecule has 0 amide bonds. The standard InChI is InChI=1S/C12H24NO/c1-5-9-12(14)10-11-13(6-2,7-3)8-4/h5,9H,6-8,10-11H2,1-4H3/q+1. The number of hydrogen-bond acceptors (Lipinski definition) is 1. The molecule has 0 aromatic heterocycles. The molecule has 2 nitrogen and oxygen atoms in total. The first-order valence-electron chi connectivity index (χ1n) is 5.64. The molecule has 0 atom stereocenters. The van der Waals surface area contributed by atoms with Gasteiger partial charge >= 0.3 is 0 Å². The van der Waals surface area contributed by atoms with Gasteiger partial charge in [-0.3, -0.25) is 4.79 Å². The van der Waals surface area contributed by atoms with Crippen LogP contribution in [0.2, 0.25) is 0 Å². The number of rotatable bonds is 7. The van der Waals surface area contributed by atoms with Crippen LogP contribution in [0.15, 0.2) is 12.2 Å². The summed E-state index contributed by atoms with van der Waals surface area (Å²) in [6.07, 6.45) is 4.18. The maximum absolute atomic E-state index is 11.3. The third-order valence-electron chi connectivity index (χ3n) is 3.20. The number of nitrogens with zero attached hydrogens (tertiary/aromatic N) is 1. The van der Waals surface area contributed by atoms with Crippen LogP contribution in [0.25, 0.3) is 0 Å². The Hall–Kier alpha value is -0.630. The summed E-state index contributed by atoms with van der Waals surface area (Å²) in [6, 6.07) is 0. The molecule has 14 heavy (non-hydrogen) atoms. The van der Waals surface area contributed by atoms with Crippen molar-refractivity contribution in [1.29, 1.82) is 0 Å². The van der Waals surface area contributed by atoms with Crippen LogP contribution < -0.4 is 0 Å². The molecule has 0 saturated heterocycles. The van der Waals surface area contributed by atoms with Gasteiger partial charge in [0.15, 0.2) is 5.78 Å². The van der Waals surface area contributed by atoms with Crippen LogP contribution in [-0.4, -0.2) is 36.4 Å². The molecular formula is C12H24NO+. The zero-order valence-electron chi connectivity index (χ0n) is 10.0. The van der Waals surface area contributed by atoms with Crippen molar-refractivity contribution in [2.75, 3.05) is 26.2 Å². The molecule has 0 spiro atoms. The van der Waals surface area contributed by atoms with E-state index in [1.165, 1.54) is 0 Å². The second kappa shape index (κ2) is 6.77. The summed E-state index contributed by atoms with van der Waals surface area (Å²) in [5.41, 5.74) is 0. The van der Waals surface area contributed by atoms with Crippen LogP contribution in [0.1, 0.15) is 34.1 Å². The van der Waals surface area contributed by atoms with E-state index in [1.807, 2.05) is 13.0 Å². The Kier molecular flexibility index (Phi) is 6.46. The molecule has 0 aliphatic carbocycles. The van der Waals surface area contributed by atoms with Crippen molar-refractivity contribution in [3.8, 4) is 0 Å². The zero-order valence-corrected chi connectivity index (χ0v) is 10.0. The van der Waals surface area contributed by atoms with Crippen LogP contribution in [0.4, 0.5) is 0 Å². The lowest BCUT2D eigenvalue weighted by atomic mass is 10.2. The van der Waals surface area contributed by atoms with E-state index in [1.54, 1.807) is 6.08 Å². The van der Waals surface area contributed by atoms with Crippen molar-refractivity contribution in [1.82, 2.24) is 0 Å². The Morgan fingerprint density at radius 3 is 2.00 bits per heavy atom. The predicted octanol–water partition coefficient (Wildman–Crippen LogP) is 2.40. The Morgan fingerprint density at radius 1 is 1.14 bits per heavy atom. The fourth-order valence-corrected chi connectivity index (χ4v) is 1.76. The third-order valence-corrected chi connectivity index (χ3v) is 3.20. The molecule has 0 aliphatic rings. The number of allylic oxidation sites excluding steroid dienone is 2. The van der Waals surface area contributed by atoms with Crippen LogP contribution in [0, 0.1) is 0 Å². The van der Waals surface area contributed by atoms with Crippen molar-refractivity contribution in [3.05, 3.63) is 12.2 Å². The largest absolute Gasteiger partial charge is 0.324 e. The van der Waals surface area contributed by atoms with Gasteiger partial charge in [-0.15, -0.1) is 0 Å². The molecule has 82 valence electrons. The molecule has 0 N–H and O–H groups in total. The second-order valence-electron chi connectivity index (χ2n) is 3.73. The van der Waals surface area contributed by atoms with Crippen LogP contribution in [0.5, 0.6) is 0 Å². The van der Waals surface area contributed by atoms with Crippen molar-refractivity contribution >= 4 is 5.78 Å². The van der Waals surface area contributed by atoms with E-state index in [0.717, 1.165) is 30.7 Å². The van der Waals surface area contributed by atoms with Crippen LogP contribution >= 0.6 is 0 Å². The molecule has 0 bridgehead atoms. The SMILES string of the molecule is CC=CC(=O)CC[N+](CC)(CC)CC. The predicted molar refractivity (Wildman–Crippen MR) is 61.2 cm³/mol. The summed E-state index contributed by atoms with van der Waals surface area (Å²) >= 11 is 0. The van der Waals surface area contributed by atoms with Gasteiger partial charge in [0.25, 0.3) is 0 Å². The first-order chi connectivity index (χ1) is 6.64. The second-order valence-corrected chi connectivity index (χ2v) is 3.73. The Morgan fingerprint density at radius 2 is 1.64 bits per heavy atom. The molecule has 0 aliphatic heterocycles. The molecule has 2 heteroatoms. The van der Waals surface area contributed by atoms with Crippen molar-refractivity contribution in [3.63, 3.8) is 0 Å². The monoisotopic (exact) mass is 198 g/mol. The number of quaternary nitrogens is 1. The number of carbonyl (C=O) groups is 1. The van der Waals surface area contributed by atoms with Gasteiger partial charge in [-0.1, -0.05) is 6.08 Å². The van der Waals surface area contributed by atoms with Gasteiger partial charge in [-0.25, -0.2) is 0 Å². The van der Waals surface area contributed by atoms with Crippen molar-refractivity contribution in [2.24, 2.45) is 0 Å². The fraction of sp³-hybridized carbons (Fsp3) is 0.750. The Labute approximate surface area is 88.2 Å². The highest BCUT2D eigenvalue weighted by Gasteiger charge is 2.20. The summed E-state index contributed by atoms with van der Waals surface area (Å²) < 4.78 is 1.06. The highest BCUT2D eigenvalue weighted by atomic mass is 16.1. The van der Waals surface area contributed by atoms with Gasteiger partial charge < -0.3 is 4.48 Å². The summed E-state index contributed by atoms with van der Waals surface area (Å²) in [4.78, 5) is 11.3. The van der Waals surface area contributed by atoms with E-state index >= 15 is 0 Å². The topological polar surface area (TPSA) is 17.1 Å². The lowest BCUT2D eigenvalue weighted by molar-refractivity contribution is -0.922. The highest BCUT2D eigenvalue weighted by molar-refractivity contribution is 5.89. The molecule has 0 rings (SSSR count).